The Morgan fingerprint density at radius 3 is 1.28 bits per heavy atom. The molecule has 14 rings (SSSR count). The molecule has 0 aliphatic carbocycles. The van der Waals surface area contributed by atoms with Crippen LogP contribution < -0.4 is 26.3 Å². The van der Waals surface area contributed by atoms with Gasteiger partial charge in [0, 0.05) is 51.4 Å². The molecule has 0 atom stereocenters. The Labute approximate surface area is 391 Å². The molecular weight excluding hydrogens is 810 g/mol. The number of nitrogens with zero attached hydrogens (tertiary/aromatic N) is 3. The zero-order chi connectivity index (χ0) is 44.8. The molecule has 4 heteroatoms. The van der Waals surface area contributed by atoms with E-state index in [0.29, 0.717) is 11.8 Å². The van der Waals surface area contributed by atoms with E-state index in [9.17, 15) is 0 Å². The van der Waals surface area contributed by atoms with Crippen LogP contribution in [0.5, 0.6) is 0 Å². The molecule has 1 aromatic heterocycles. The average Bonchev–Trinajstić information content (AvgIpc) is 3.66. The summed E-state index contributed by atoms with van der Waals surface area (Å²) in [6, 6.07) is 71.6. The Kier molecular flexibility index (Phi) is 8.09. The van der Waals surface area contributed by atoms with Crippen molar-refractivity contribution in [2.75, 3.05) is 9.80 Å². The van der Waals surface area contributed by atoms with Crippen molar-refractivity contribution in [1.82, 2.24) is 4.57 Å². The highest BCUT2D eigenvalue weighted by Crippen LogP contribution is 2.52. The minimum absolute atomic E-state index is 0.0256. The van der Waals surface area contributed by atoms with Gasteiger partial charge >= 0.3 is 0 Å². The minimum Gasteiger partial charge on any atom is -0.353 e. The number of anilines is 6. The van der Waals surface area contributed by atoms with Crippen LogP contribution in [0.15, 0.2) is 188 Å². The first kappa shape index (κ1) is 38.5. The van der Waals surface area contributed by atoms with E-state index in [1.165, 1.54) is 137 Å². The molecule has 0 N–H and O–H groups in total. The Bertz CT molecular complexity index is 4010. The standard InChI is InChI=1S/C63H48BN3/c1-37(2)39-31-33-53-51(35-39)62-63(65(53)5)64-52-36-40(38(3)4)32-34-54(52)66(55-27-14-25-49-45-19-8-6-17-41(45)43-21-10-12-23-47(43)59(49)55)57-29-16-30-58(61(57)64)67(62)56-28-15-26-50-46-20-9-7-18-42(46)44-22-11-13-24-48(44)60(50)56/h6-38H,1-5H3. The maximum Gasteiger partial charge on any atom is 0.272 e. The number of hydrogen-bond donors (Lipinski definition) is 0. The van der Waals surface area contributed by atoms with Gasteiger partial charge in [-0.2, -0.15) is 0 Å². The van der Waals surface area contributed by atoms with E-state index in [2.05, 4.69) is 237 Å². The average molecular weight is 858 g/mol. The van der Waals surface area contributed by atoms with Crippen LogP contribution >= 0.6 is 0 Å². The third-order valence-electron chi connectivity index (χ3n) is 15.5. The normalized spacial score (nSPS) is 13.3. The minimum atomic E-state index is -0.0256. The van der Waals surface area contributed by atoms with Gasteiger partial charge in [0.05, 0.1) is 17.1 Å². The van der Waals surface area contributed by atoms with E-state index < -0.39 is 0 Å². The first-order chi connectivity index (χ1) is 32.9. The second kappa shape index (κ2) is 14.1. The van der Waals surface area contributed by atoms with E-state index in [0.717, 1.165) is 0 Å². The van der Waals surface area contributed by atoms with E-state index >= 15 is 0 Å². The van der Waals surface area contributed by atoms with Crippen LogP contribution in [0.25, 0.3) is 75.5 Å². The second-order valence-electron chi connectivity index (χ2n) is 19.6. The molecule has 0 saturated heterocycles. The van der Waals surface area contributed by atoms with Gasteiger partial charge in [-0.05, 0) is 130 Å². The van der Waals surface area contributed by atoms with Crippen molar-refractivity contribution in [2.45, 2.75) is 39.5 Å². The summed E-state index contributed by atoms with van der Waals surface area (Å²) in [5, 5.41) is 16.6. The fourth-order valence-corrected chi connectivity index (χ4v) is 12.4. The van der Waals surface area contributed by atoms with Crippen LogP contribution in [0.1, 0.15) is 50.7 Å². The van der Waals surface area contributed by atoms with Gasteiger partial charge in [0.2, 0.25) is 0 Å². The summed E-state index contributed by atoms with van der Waals surface area (Å²) in [5.41, 5.74) is 15.3. The molecule has 2 aliphatic rings. The highest BCUT2D eigenvalue weighted by Gasteiger charge is 2.46. The van der Waals surface area contributed by atoms with Crippen LogP contribution in [0, 0.1) is 0 Å². The summed E-state index contributed by atoms with van der Waals surface area (Å²) in [6.45, 7) is 9.27. The van der Waals surface area contributed by atoms with Gasteiger partial charge in [0.15, 0.2) is 0 Å². The Morgan fingerprint density at radius 2 is 0.761 bits per heavy atom. The van der Waals surface area contributed by atoms with Gasteiger partial charge in [-0.25, -0.2) is 0 Å². The van der Waals surface area contributed by atoms with Crippen LogP contribution in [0.3, 0.4) is 0 Å². The lowest BCUT2D eigenvalue weighted by Gasteiger charge is -2.44. The maximum absolute atomic E-state index is 2.67. The lowest BCUT2D eigenvalue weighted by atomic mass is 9.34. The third-order valence-corrected chi connectivity index (χ3v) is 15.5. The van der Waals surface area contributed by atoms with E-state index in [1.54, 1.807) is 0 Å². The van der Waals surface area contributed by atoms with E-state index in [1.807, 2.05) is 0 Å². The van der Waals surface area contributed by atoms with Gasteiger partial charge in [0.1, 0.15) is 0 Å². The monoisotopic (exact) mass is 857 g/mol. The number of rotatable bonds is 4. The second-order valence-corrected chi connectivity index (χ2v) is 19.6. The maximum atomic E-state index is 2.67. The third kappa shape index (κ3) is 5.19. The van der Waals surface area contributed by atoms with Crippen molar-refractivity contribution in [3.8, 4) is 0 Å². The molecule has 0 bridgehead atoms. The van der Waals surface area contributed by atoms with Crippen molar-refractivity contribution >= 4 is 133 Å². The van der Waals surface area contributed by atoms with Crippen molar-refractivity contribution in [1.29, 1.82) is 0 Å². The molecule has 0 unspecified atom stereocenters. The summed E-state index contributed by atoms with van der Waals surface area (Å²) in [5.74, 6) is 0.748. The van der Waals surface area contributed by atoms with Gasteiger partial charge in [-0.15, -0.1) is 0 Å². The number of fused-ring (bicyclic) bond motifs is 18. The molecule has 2 aliphatic heterocycles. The predicted molar refractivity (Wildman–Crippen MR) is 290 cm³/mol. The van der Waals surface area contributed by atoms with Crippen molar-refractivity contribution < 1.29 is 0 Å². The molecule has 3 nitrogen and oxygen atoms in total. The number of aryl methyl sites for hydroxylation is 1. The summed E-state index contributed by atoms with van der Waals surface area (Å²) in [6.07, 6.45) is 0. The fraction of sp³-hybridized carbons (Fsp3) is 0.111. The number of aromatic nitrogens is 1. The Morgan fingerprint density at radius 1 is 0.358 bits per heavy atom. The topological polar surface area (TPSA) is 11.4 Å². The van der Waals surface area contributed by atoms with Gasteiger partial charge in [-0.1, -0.05) is 173 Å². The van der Waals surface area contributed by atoms with Crippen molar-refractivity contribution in [3.05, 3.63) is 199 Å². The summed E-state index contributed by atoms with van der Waals surface area (Å²) in [4.78, 5) is 5.29. The number of benzene rings is 11. The van der Waals surface area contributed by atoms with Gasteiger partial charge < -0.3 is 14.4 Å². The van der Waals surface area contributed by atoms with Crippen molar-refractivity contribution in [2.24, 2.45) is 7.05 Å². The van der Waals surface area contributed by atoms with Gasteiger partial charge in [0.25, 0.3) is 6.71 Å². The first-order valence-electron chi connectivity index (χ1n) is 24.0. The fourth-order valence-electron chi connectivity index (χ4n) is 12.4. The molecule has 0 amide bonds. The Hall–Kier alpha value is -7.82. The van der Waals surface area contributed by atoms with E-state index in [4.69, 9.17) is 0 Å². The Balaban J connectivity index is 1.16. The quantitative estimate of drug-likeness (QED) is 0.129. The summed E-state index contributed by atoms with van der Waals surface area (Å²) in [7, 11) is 2.31. The molecule has 3 heterocycles. The molecule has 318 valence electrons. The van der Waals surface area contributed by atoms with Crippen LogP contribution in [-0.2, 0) is 7.05 Å². The lowest BCUT2D eigenvalue weighted by Crippen LogP contribution is -2.62. The molecule has 67 heavy (non-hydrogen) atoms. The molecule has 0 radical (unpaired) electrons. The summed E-state index contributed by atoms with van der Waals surface area (Å²) >= 11 is 0. The zero-order valence-electron chi connectivity index (χ0n) is 38.5. The summed E-state index contributed by atoms with van der Waals surface area (Å²) < 4.78 is 2.53. The molecule has 0 saturated carbocycles. The van der Waals surface area contributed by atoms with Crippen molar-refractivity contribution in [3.63, 3.8) is 0 Å². The largest absolute Gasteiger partial charge is 0.353 e. The highest BCUT2D eigenvalue weighted by atomic mass is 15.2. The number of hydrogen-bond acceptors (Lipinski definition) is 2. The molecule has 0 fully saturated rings. The molecular formula is C63H48BN3. The molecule has 11 aromatic carbocycles. The van der Waals surface area contributed by atoms with Gasteiger partial charge in [-0.3, -0.25) is 0 Å². The van der Waals surface area contributed by atoms with Crippen LogP contribution in [0.2, 0.25) is 0 Å². The molecule has 0 spiro atoms. The lowest BCUT2D eigenvalue weighted by molar-refractivity contribution is 0.867. The van der Waals surface area contributed by atoms with E-state index in [-0.39, 0.29) is 6.71 Å². The highest BCUT2D eigenvalue weighted by molar-refractivity contribution is 7.00. The SMILES string of the molecule is CC(C)c1ccc2c(c1)B1c3c(cccc3N(c3cccc4c5ccccc5c5ccccc5c34)c3c1n(C)c1ccc(C(C)C)cc31)N2c1cccc2c3ccccc3c3ccccc3c12. The smallest absolute Gasteiger partial charge is 0.272 e. The molecule has 12 aromatic rings. The predicted octanol–water partition coefficient (Wildman–Crippen LogP) is 15.4. The zero-order valence-corrected chi connectivity index (χ0v) is 38.5. The van der Waals surface area contributed by atoms with Crippen LogP contribution in [0.4, 0.5) is 34.1 Å². The first-order valence-corrected chi connectivity index (χ1v) is 24.0. The van der Waals surface area contributed by atoms with Crippen LogP contribution in [-0.4, -0.2) is 11.3 Å².